The van der Waals surface area contributed by atoms with Gasteiger partial charge in [-0.2, -0.15) is 0 Å². The monoisotopic (exact) mass is 214 g/mol. The Hall–Kier alpha value is -1.10. The first kappa shape index (κ1) is 12.0. The van der Waals surface area contributed by atoms with Crippen LogP contribution in [0.1, 0.15) is 19.8 Å². The van der Waals surface area contributed by atoms with Crippen LogP contribution in [0.4, 0.5) is 0 Å². The minimum Gasteiger partial charge on any atom is -0.468 e. The normalized spacial score (nSPS) is 23.5. The molecule has 0 saturated carbocycles. The number of hydrogen-bond donors (Lipinski definition) is 1. The number of hydrogen-bond acceptors (Lipinski definition) is 4. The largest absolute Gasteiger partial charge is 0.468 e. The van der Waals surface area contributed by atoms with E-state index in [2.05, 4.69) is 5.32 Å². The van der Waals surface area contributed by atoms with E-state index in [0.717, 1.165) is 19.4 Å². The van der Waals surface area contributed by atoms with Crippen LogP contribution in [0.5, 0.6) is 0 Å². The van der Waals surface area contributed by atoms with Gasteiger partial charge in [0, 0.05) is 7.05 Å². The minimum absolute atomic E-state index is 0.0641. The zero-order valence-electron chi connectivity index (χ0n) is 9.45. The quantitative estimate of drug-likeness (QED) is 0.659. The second kappa shape index (κ2) is 5.11. The molecule has 0 spiro atoms. The molecule has 1 aliphatic rings. The van der Waals surface area contributed by atoms with Crippen molar-refractivity contribution in [3.63, 3.8) is 0 Å². The van der Waals surface area contributed by atoms with Crippen molar-refractivity contribution in [1.82, 2.24) is 10.2 Å². The van der Waals surface area contributed by atoms with Crippen molar-refractivity contribution >= 4 is 11.9 Å². The van der Waals surface area contributed by atoms with Gasteiger partial charge < -0.3 is 10.1 Å². The van der Waals surface area contributed by atoms with Crippen molar-refractivity contribution in [3.05, 3.63) is 0 Å². The number of amides is 1. The van der Waals surface area contributed by atoms with Gasteiger partial charge in [-0.15, -0.1) is 0 Å². The number of methoxy groups -OCH3 is 1. The summed E-state index contributed by atoms with van der Waals surface area (Å²) in [5, 5.41) is 2.59. The number of nitrogens with one attached hydrogen (secondary N) is 1. The number of rotatable bonds is 3. The summed E-state index contributed by atoms with van der Waals surface area (Å²) in [5.41, 5.74) is 0. The van der Waals surface area contributed by atoms with Crippen molar-refractivity contribution in [2.24, 2.45) is 0 Å². The first-order chi connectivity index (χ1) is 7.11. The zero-order chi connectivity index (χ0) is 11.4. The molecule has 0 aromatic carbocycles. The van der Waals surface area contributed by atoms with Crippen LogP contribution in [-0.2, 0) is 14.3 Å². The number of ether oxygens (including phenoxy) is 1. The van der Waals surface area contributed by atoms with Gasteiger partial charge in [-0.1, -0.05) is 0 Å². The zero-order valence-corrected chi connectivity index (χ0v) is 9.45. The van der Waals surface area contributed by atoms with Gasteiger partial charge in [0.15, 0.2) is 0 Å². The first-order valence-electron chi connectivity index (χ1n) is 5.17. The third kappa shape index (κ3) is 2.47. The van der Waals surface area contributed by atoms with Crippen molar-refractivity contribution in [2.75, 3.05) is 20.7 Å². The molecule has 1 rings (SSSR count). The highest BCUT2D eigenvalue weighted by molar-refractivity contribution is 5.83. The molecular weight excluding hydrogens is 196 g/mol. The van der Waals surface area contributed by atoms with Crippen molar-refractivity contribution in [1.29, 1.82) is 0 Å². The molecule has 2 atom stereocenters. The van der Waals surface area contributed by atoms with Crippen LogP contribution < -0.4 is 5.32 Å². The van der Waals surface area contributed by atoms with Crippen LogP contribution in [0.25, 0.3) is 0 Å². The van der Waals surface area contributed by atoms with Crippen LogP contribution >= 0.6 is 0 Å². The van der Waals surface area contributed by atoms with E-state index >= 15 is 0 Å². The van der Waals surface area contributed by atoms with Crippen molar-refractivity contribution < 1.29 is 14.3 Å². The van der Waals surface area contributed by atoms with E-state index in [1.165, 1.54) is 7.11 Å². The first-order valence-corrected chi connectivity index (χ1v) is 5.17. The van der Waals surface area contributed by atoms with Crippen molar-refractivity contribution in [2.45, 2.75) is 31.8 Å². The Kier molecular flexibility index (Phi) is 4.08. The minimum atomic E-state index is -0.276. The maximum atomic E-state index is 11.5. The molecule has 86 valence electrons. The van der Waals surface area contributed by atoms with E-state index in [4.69, 9.17) is 4.74 Å². The molecule has 0 aromatic rings. The average molecular weight is 214 g/mol. The van der Waals surface area contributed by atoms with Gasteiger partial charge in [-0.25, -0.2) is 0 Å². The molecule has 0 bridgehead atoms. The summed E-state index contributed by atoms with van der Waals surface area (Å²) in [6, 6.07) is -0.538. The van der Waals surface area contributed by atoms with Gasteiger partial charge in [0.25, 0.3) is 0 Å². The number of nitrogens with zero attached hydrogens (tertiary/aromatic N) is 1. The second-order valence-electron chi connectivity index (χ2n) is 3.71. The lowest BCUT2D eigenvalue weighted by atomic mass is 10.2. The Morgan fingerprint density at radius 3 is 2.73 bits per heavy atom. The summed E-state index contributed by atoms with van der Waals surface area (Å²) >= 11 is 0. The van der Waals surface area contributed by atoms with E-state index in [9.17, 15) is 9.59 Å². The van der Waals surface area contributed by atoms with E-state index < -0.39 is 0 Å². The average Bonchev–Trinajstić information content (AvgIpc) is 2.74. The molecule has 1 fully saturated rings. The number of carbonyl (C=O) groups excluding carboxylic acids is 2. The molecule has 1 N–H and O–H groups in total. The molecule has 0 aliphatic carbocycles. The van der Waals surface area contributed by atoms with Gasteiger partial charge in [-0.3, -0.25) is 14.5 Å². The predicted octanol–water partition coefficient (Wildman–Crippen LogP) is -0.242. The van der Waals surface area contributed by atoms with Gasteiger partial charge in [-0.05, 0) is 26.3 Å². The van der Waals surface area contributed by atoms with Crippen LogP contribution in [0.15, 0.2) is 0 Å². The predicted molar refractivity (Wildman–Crippen MR) is 55.3 cm³/mol. The third-order valence-electron chi connectivity index (χ3n) is 2.89. The molecule has 1 heterocycles. The molecule has 0 aromatic heterocycles. The number of carbonyl (C=O) groups is 2. The summed E-state index contributed by atoms with van der Waals surface area (Å²) < 4.78 is 4.72. The van der Waals surface area contributed by atoms with E-state index in [-0.39, 0.29) is 24.0 Å². The van der Waals surface area contributed by atoms with Gasteiger partial charge >= 0.3 is 5.97 Å². The molecule has 2 unspecified atom stereocenters. The van der Waals surface area contributed by atoms with E-state index in [1.807, 2.05) is 4.90 Å². The van der Waals surface area contributed by atoms with Gasteiger partial charge in [0.2, 0.25) is 5.91 Å². The summed E-state index contributed by atoms with van der Waals surface area (Å²) in [4.78, 5) is 24.8. The molecule has 1 aliphatic heterocycles. The molecule has 1 amide bonds. The fourth-order valence-electron chi connectivity index (χ4n) is 2.00. The Labute approximate surface area is 89.8 Å². The molecule has 15 heavy (non-hydrogen) atoms. The van der Waals surface area contributed by atoms with E-state index in [1.54, 1.807) is 14.0 Å². The highest BCUT2D eigenvalue weighted by atomic mass is 16.5. The SMILES string of the molecule is CNC(=O)C(C)N1CCCC1C(=O)OC. The van der Waals surface area contributed by atoms with Crippen LogP contribution in [0.3, 0.4) is 0 Å². The smallest absolute Gasteiger partial charge is 0.323 e. The maximum Gasteiger partial charge on any atom is 0.323 e. The van der Waals surface area contributed by atoms with Crippen LogP contribution in [-0.4, -0.2) is 49.6 Å². The van der Waals surface area contributed by atoms with Gasteiger partial charge in [0.05, 0.1) is 13.2 Å². The lowest BCUT2D eigenvalue weighted by molar-refractivity contribution is -0.147. The number of esters is 1. The third-order valence-corrected chi connectivity index (χ3v) is 2.89. The lowest BCUT2D eigenvalue weighted by Gasteiger charge is -2.27. The second-order valence-corrected chi connectivity index (χ2v) is 3.71. The Morgan fingerprint density at radius 2 is 2.20 bits per heavy atom. The Bertz CT molecular complexity index is 255. The number of likely N-dealkylation sites (tertiary alicyclic amines) is 1. The fourth-order valence-corrected chi connectivity index (χ4v) is 2.00. The van der Waals surface area contributed by atoms with Crippen molar-refractivity contribution in [3.8, 4) is 0 Å². The number of likely N-dealkylation sites (N-methyl/N-ethyl adjacent to an activating group) is 1. The summed E-state index contributed by atoms with van der Waals surface area (Å²) in [7, 11) is 2.98. The van der Waals surface area contributed by atoms with Crippen LogP contribution in [0, 0.1) is 0 Å². The maximum absolute atomic E-state index is 11.5. The van der Waals surface area contributed by atoms with E-state index in [0.29, 0.717) is 0 Å². The Morgan fingerprint density at radius 1 is 1.53 bits per heavy atom. The Balaban J connectivity index is 2.67. The molecule has 1 saturated heterocycles. The standard InChI is InChI=1S/C10H18N2O3/c1-7(9(13)11-2)12-6-4-5-8(12)10(14)15-3/h7-8H,4-6H2,1-3H3,(H,11,13). The molecular formula is C10H18N2O3. The highest BCUT2D eigenvalue weighted by Gasteiger charge is 2.36. The highest BCUT2D eigenvalue weighted by Crippen LogP contribution is 2.21. The van der Waals surface area contributed by atoms with Gasteiger partial charge in [0.1, 0.15) is 6.04 Å². The lowest BCUT2D eigenvalue weighted by Crippen LogP contribution is -2.49. The summed E-state index contributed by atoms with van der Waals surface area (Å²) in [6.45, 7) is 2.58. The molecule has 5 heteroatoms. The molecule has 5 nitrogen and oxygen atoms in total. The summed E-state index contributed by atoms with van der Waals surface area (Å²) in [5.74, 6) is -0.311. The summed E-state index contributed by atoms with van der Waals surface area (Å²) in [6.07, 6.45) is 1.70. The van der Waals surface area contributed by atoms with Crippen LogP contribution in [0.2, 0.25) is 0 Å². The topological polar surface area (TPSA) is 58.6 Å². The molecule has 0 radical (unpaired) electrons. The fraction of sp³-hybridized carbons (Fsp3) is 0.800.